The Morgan fingerprint density at radius 3 is 2.35 bits per heavy atom. The molecule has 0 aromatic heterocycles. The lowest BCUT2D eigenvalue weighted by atomic mass is 10.1. The summed E-state index contributed by atoms with van der Waals surface area (Å²) >= 11 is 0. The van der Waals surface area contributed by atoms with Crippen molar-refractivity contribution in [1.82, 2.24) is 0 Å². The minimum Gasteiger partial charge on any atom is -0.481 e. The van der Waals surface area contributed by atoms with Crippen LogP contribution in [0.3, 0.4) is 0 Å². The van der Waals surface area contributed by atoms with E-state index in [0.717, 1.165) is 25.7 Å². The van der Waals surface area contributed by atoms with E-state index >= 15 is 0 Å². The maximum absolute atomic E-state index is 10.3. The molecule has 0 aliphatic heterocycles. The molecule has 17 heavy (non-hydrogen) atoms. The lowest BCUT2D eigenvalue weighted by Crippen LogP contribution is -2.14. The molecule has 0 rings (SSSR count). The second-order valence-electron chi connectivity index (χ2n) is 3.70. The average molecular weight is 244 g/mol. The molecular weight excluding hydrogens is 220 g/mol. The first-order chi connectivity index (χ1) is 8.20. The summed E-state index contributed by atoms with van der Waals surface area (Å²) in [7, 11) is 0. The van der Waals surface area contributed by atoms with Gasteiger partial charge in [-0.15, -0.1) is 0 Å². The molecule has 0 aromatic carbocycles. The van der Waals surface area contributed by atoms with E-state index in [-0.39, 0.29) is 12.7 Å². The zero-order valence-electron chi connectivity index (χ0n) is 10.9. The SMILES string of the molecule is CCOC(/C=C/CCCCCC(=O)O)OCC. The molecule has 0 saturated heterocycles. The van der Waals surface area contributed by atoms with Crippen molar-refractivity contribution in [3.63, 3.8) is 0 Å². The highest BCUT2D eigenvalue weighted by atomic mass is 16.7. The third-order valence-corrected chi connectivity index (χ3v) is 2.22. The van der Waals surface area contributed by atoms with Crippen molar-refractivity contribution in [1.29, 1.82) is 0 Å². The standard InChI is InChI=1S/C13H24O4/c1-3-16-13(17-4-2)11-9-7-5-6-8-10-12(14)15/h9,11,13H,3-8,10H2,1-2H3,(H,14,15)/b11-9+. The summed E-state index contributed by atoms with van der Waals surface area (Å²) < 4.78 is 10.7. The first kappa shape index (κ1) is 16.1. The van der Waals surface area contributed by atoms with Crippen LogP contribution in [0.4, 0.5) is 0 Å². The van der Waals surface area contributed by atoms with E-state index in [2.05, 4.69) is 0 Å². The summed E-state index contributed by atoms with van der Waals surface area (Å²) in [4.78, 5) is 10.3. The van der Waals surface area contributed by atoms with Crippen molar-refractivity contribution in [2.75, 3.05) is 13.2 Å². The molecule has 0 spiro atoms. The summed E-state index contributed by atoms with van der Waals surface area (Å²) in [6.45, 7) is 5.14. The molecule has 0 unspecified atom stereocenters. The predicted octanol–water partition coefficient (Wildman–Crippen LogP) is 2.98. The fourth-order valence-electron chi connectivity index (χ4n) is 1.41. The van der Waals surface area contributed by atoms with Crippen molar-refractivity contribution in [3.8, 4) is 0 Å². The molecule has 0 saturated carbocycles. The number of unbranched alkanes of at least 4 members (excludes halogenated alkanes) is 3. The molecule has 100 valence electrons. The Balaban J connectivity index is 3.52. The number of aliphatic carboxylic acids is 1. The van der Waals surface area contributed by atoms with Gasteiger partial charge in [0.25, 0.3) is 0 Å². The van der Waals surface area contributed by atoms with E-state index in [4.69, 9.17) is 14.6 Å². The molecular formula is C13H24O4. The zero-order chi connectivity index (χ0) is 12.9. The Morgan fingerprint density at radius 1 is 1.18 bits per heavy atom. The number of rotatable bonds is 11. The molecule has 1 N–H and O–H groups in total. The zero-order valence-corrected chi connectivity index (χ0v) is 10.9. The van der Waals surface area contributed by atoms with Gasteiger partial charge in [-0.1, -0.05) is 12.5 Å². The Bertz CT molecular complexity index is 207. The molecule has 0 aromatic rings. The first-order valence-electron chi connectivity index (χ1n) is 6.32. The number of hydrogen-bond acceptors (Lipinski definition) is 3. The van der Waals surface area contributed by atoms with Gasteiger partial charge in [-0.25, -0.2) is 0 Å². The van der Waals surface area contributed by atoms with Crippen molar-refractivity contribution >= 4 is 5.97 Å². The van der Waals surface area contributed by atoms with E-state index in [9.17, 15) is 4.79 Å². The van der Waals surface area contributed by atoms with E-state index in [1.807, 2.05) is 26.0 Å². The number of hydrogen-bond donors (Lipinski definition) is 1. The molecule has 0 amide bonds. The second kappa shape index (κ2) is 11.6. The van der Waals surface area contributed by atoms with Gasteiger partial charge in [-0.2, -0.15) is 0 Å². The van der Waals surface area contributed by atoms with Gasteiger partial charge >= 0.3 is 5.97 Å². The number of ether oxygens (including phenoxy) is 2. The number of carboxylic acids is 1. The van der Waals surface area contributed by atoms with Crippen molar-refractivity contribution < 1.29 is 19.4 Å². The van der Waals surface area contributed by atoms with Gasteiger partial charge in [0.15, 0.2) is 6.29 Å². The summed E-state index contributed by atoms with van der Waals surface area (Å²) in [5.41, 5.74) is 0. The van der Waals surface area contributed by atoms with Gasteiger partial charge < -0.3 is 14.6 Å². The Hall–Kier alpha value is -0.870. The minimum absolute atomic E-state index is 0.246. The Morgan fingerprint density at radius 2 is 1.82 bits per heavy atom. The Kier molecular flexibility index (Phi) is 11.0. The Labute approximate surface area is 104 Å². The first-order valence-corrected chi connectivity index (χ1v) is 6.32. The molecule has 4 nitrogen and oxygen atoms in total. The molecule has 0 aliphatic rings. The van der Waals surface area contributed by atoms with E-state index in [1.165, 1.54) is 0 Å². The normalized spacial score (nSPS) is 11.5. The van der Waals surface area contributed by atoms with Crippen LogP contribution >= 0.6 is 0 Å². The van der Waals surface area contributed by atoms with Crippen LogP contribution < -0.4 is 0 Å². The maximum Gasteiger partial charge on any atom is 0.303 e. The number of carboxylic acid groups (broad SMARTS) is 1. The van der Waals surface area contributed by atoms with Crippen LogP contribution in [0.1, 0.15) is 46.0 Å². The summed E-state index contributed by atoms with van der Waals surface area (Å²) in [5, 5.41) is 8.46. The number of allylic oxidation sites excluding steroid dienone is 1. The fraction of sp³-hybridized carbons (Fsp3) is 0.769. The van der Waals surface area contributed by atoms with Gasteiger partial charge in [0.05, 0.1) is 0 Å². The van der Waals surface area contributed by atoms with Gasteiger partial charge in [0.1, 0.15) is 0 Å². The highest BCUT2D eigenvalue weighted by Gasteiger charge is 2.01. The highest BCUT2D eigenvalue weighted by molar-refractivity contribution is 5.66. The van der Waals surface area contributed by atoms with Gasteiger partial charge in [0, 0.05) is 19.6 Å². The van der Waals surface area contributed by atoms with Gasteiger partial charge in [-0.3, -0.25) is 4.79 Å². The van der Waals surface area contributed by atoms with E-state index in [1.54, 1.807) is 0 Å². The molecule has 0 heterocycles. The smallest absolute Gasteiger partial charge is 0.303 e. The third-order valence-electron chi connectivity index (χ3n) is 2.22. The largest absolute Gasteiger partial charge is 0.481 e. The molecule has 0 fully saturated rings. The van der Waals surface area contributed by atoms with Crippen molar-refractivity contribution in [2.45, 2.75) is 52.2 Å². The molecule has 4 heteroatoms. The van der Waals surface area contributed by atoms with Crippen molar-refractivity contribution in [2.24, 2.45) is 0 Å². The summed E-state index contributed by atoms with van der Waals surface area (Å²) in [6, 6.07) is 0. The molecule has 0 atom stereocenters. The summed E-state index contributed by atoms with van der Waals surface area (Å²) in [6.07, 6.45) is 7.63. The average Bonchev–Trinajstić information content (AvgIpc) is 2.28. The highest BCUT2D eigenvalue weighted by Crippen LogP contribution is 2.05. The molecule has 0 radical (unpaired) electrons. The molecule has 0 bridgehead atoms. The fourth-order valence-corrected chi connectivity index (χ4v) is 1.41. The maximum atomic E-state index is 10.3. The van der Waals surface area contributed by atoms with Crippen LogP contribution in [0.5, 0.6) is 0 Å². The number of carbonyl (C=O) groups is 1. The monoisotopic (exact) mass is 244 g/mol. The quantitative estimate of drug-likeness (QED) is 0.345. The predicted molar refractivity (Wildman–Crippen MR) is 66.9 cm³/mol. The topological polar surface area (TPSA) is 55.8 Å². The van der Waals surface area contributed by atoms with Crippen LogP contribution in [0.15, 0.2) is 12.2 Å². The lowest BCUT2D eigenvalue weighted by molar-refractivity contribution is -0.137. The van der Waals surface area contributed by atoms with Crippen molar-refractivity contribution in [3.05, 3.63) is 12.2 Å². The van der Waals surface area contributed by atoms with Crippen LogP contribution in [-0.4, -0.2) is 30.6 Å². The van der Waals surface area contributed by atoms with Crippen LogP contribution in [0.2, 0.25) is 0 Å². The summed E-state index contributed by atoms with van der Waals surface area (Å²) in [5.74, 6) is -0.715. The third kappa shape index (κ3) is 11.4. The minimum atomic E-state index is -0.715. The van der Waals surface area contributed by atoms with Crippen LogP contribution in [-0.2, 0) is 14.3 Å². The van der Waals surface area contributed by atoms with Crippen LogP contribution in [0.25, 0.3) is 0 Å². The lowest BCUT2D eigenvalue weighted by Gasteiger charge is -2.12. The second-order valence-corrected chi connectivity index (χ2v) is 3.70. The van der Waals surface area contributed by atoms with Gasteiger partial charge in [-0.05, 0) is 39.2 Å². The van der Waals surface area contributed by atoms with E-state index in [0.29, 0.717) is 13.2 Å². The van der Waals surface area contributed by atoms with Crippen LogP contribution in [0, 0.1) is 0 Å². The van der Waals surface area contributed by atoms with E-state index < -0.39 is 5.97 Å². The molecule has 0 aliphatic carbocycles. The van der Waals surface area contributed by atoms with Gasteiger partial charge in [0.2, 0.25) is 0 Å².